The molecule has 1 saturated heterocycles. The lowest BCUT2D eigenvalue weighted by atomic mass is 9.97. The van der Waals surface area contributed by atoms with Crippen LogP contribution in [-0.4, -0.2) is 53.8 Å². The second-order valence-electron chi connectivity index (χ2n) is 8.28. The fraction of sp³-hybridized carbons (Fsp3) is 0.435. The molecule has 4 heterocycles. The van der Waals surface area contributed by atoms with Crippen LogP contribution in [0.5, 0.6) is 11.5 Å². The third-order valence-corrected chi connectivity index (χ3v) is 6.99. The monoisotopic (exact) mass is 499 g/mol. The van der Waals surface area contributed by atoms with Crippen molar-refractivity contribution >= 4 is 44.3 Å². The van der Waals surface area contributed by atoms with Crippen molar-refractivity contribution in [2.75, 3.05) is 43.1 Å². The first-order chi connectivity index (χ1) is 17.0. The Bertz CT molecular complexity index is 1260. The van der Waals surface area contributed by atoms with Gasteiger partial charge in [-0.25, -0.2) is 4.98 Å². The molecule has 12 heteroatoms. The number of anilines is 2. The summed E-state index contributed by atoms with van der Waals surface area (Å²) < 4.78 is 16.4. The summed E-state index contributed by atoms with van der Waals surface area (Å²) in [7, 11) is 0. The highest BCUT2D eigenvalue weighted by molar-refractivity contribution is 7.21. The van der Waals surface area contributed by atoms with Crippen LogP contribution in [0.25, 0.3) is 10.2 Å². The number of benzene rings is 1. The van der Waals surface area contributed by atoms with Gasteiger partial charge in [0.1, 0.15) is 23.9 Å². The Morgan fingerprint density at radius 3 is 2.74 bits per heavy atom. The number of esters is 1. The highest BCUT2D eigenvalue weighted by Gasteiger charge is 2.28. The van der Waals surface area contributed by atoms with E-state index in [1.54, 1.807) is 6.92 Å². The zero-order valence-corrected chi connectivity index (χ0v) is 20.0. The molecule has 1 fully saturated rings. The number of ether oxygens (including phenoxy) is 3. The minimum Gasteiger partial charge on any atom is -0.486 e. The van der Waals surface area contributed by atoms with Gasteiger partial charge in [-0.1, -0.05) is 6.07 Å². The molecule has 11 nitrogen and oxygen atoms in total. The second kappa shape index (κ2) is 9.90. The number of aromatic nitrogens is 2. The molecule has 2 aromatic heterocycles. The largest absolute Gasteiger partial charge is 0.486 e. The Balaban J connectivity index is 1.38. The fourth-order valence-corrected chi connectivity index (χ4v) is 5.06. The molecule has 0 radical (unpaired) electrons. The first kappa shape index (κ1) is 23.1. The Labute approximate surface area is 205 Å². The lowest BCUT2D eigenvalue weighted by Crippen LogP contribution is -2.38. The van der Waals surface area contributed by atoms with E-state index >= 15 is 0 Å². The van der Waals surface area contributed by atoms with Crippen LogP contribution in [-0.2, 0) is 16.1 Å². The van der Waals surface area contributed by atoms with E-state index in [2.05, 4.69) is 10.3 Å². The maximum Gasteiger partial charge on any atom is 0.326 e. The number of nitro groups is 1. The number of thiophene rings is 1. The molecule has 0 spiro atoms. The molecule has 0 unspecified atom stereocenters. The molecule has 2 aliphatic rings. The van der Waals surface area contributed by atoms with Crippen LogP contribution in [0, 0.1) is 16.0 Å². The quantitative estimate of drug-likeness (QED) is 0.291. The number of fused-ring (bicyclic) bond motifs is 2. The summed E-state index contributed by atoms with van der Waals surface area (Å²) in [6.45, 7) is 4.85. The number of piperidine rings is 1. The van der Waals surface area contributed by atoms with Gasteiger partial charge in [0.25, 0.3) is 0 Å². The first-order valence-electron chi connectivity index (χ1n) is 11.5. The van der Waals surface area contributed by atoms with E-state index in [1.165, 1.54) is 6.07 Å². The number of nitrogens with zero attached hydrogens (tertiary/aromatic N) is 4. The summed E-state index contributed by atoms with van der Waals surface area (Å²) in [5.41, 5.74) is 0.961. The van der Waals surface area contributed by atoms with Gasteiger partial charge in [-0.3, -0.25) is 14.9 Å². The van der Waals surface area contributed by atoms with Crippen LogP contribution in [0.3, 0.4) is 0 Å². The van der Waals surface area contributed by atoms with Crippen molar-refractivity contribution in [3.05, 3.63) is 39.9 Å². The van der Waals surface area contributed by atoms with Crippen LogP contribution in [0.4, 0.5) is 16.8 Å². The Kier molecular flexibility index (Phi) is 6.53. The number of carbonyl (C=O) groups excluding carboxylic acids is 1. The maximum atomic E-state index is 12.1. The lowest BCUT2D eigenvalue weighted by molar-refractivity contribution is -0.380. The summed E-state index contributed by atoms with van der Waals surface area (Å²) in [6, 6.07) is 7.23. The second-order valence-corrected chi connectivity index (χ2v) is 9.29. The van der Waals surface area contributed by atoms with Gasteiger partial charge < -0.3 is 24.4 Å². The molecule has 2 aliphatic heterocycles. The van der Waals surface area contributed by atoms with E-state index in [1.807, 2.05) is 23.1 Å². The van der Waals surface area contributed by atoms with Gasteiger partial charge in [0.15, 0.2) is 11.5 Å². The van der Waals surface area contributed by atoms with E-state index in [4.69, 9.17) is 19.2 Å². The van der Waals surface area contributed by atoms with Crippen molar-refractivity contribution in [2.45, 2.75) is 26.3 Å². The molecule has 0 amide bonds. The zero-order chi connectivity index (χ0) is 24.4. The van der Waals surface area contributed by atoms with E-state index < -0.39 is 4.92 Å². The normalized spacial score (nSPS) is 15.7. The van der Waals surface area contributed by atoms with E-state index in [-0.39, 0.29) is 16.9 Å². The molecule has 0 saturated carbocycles. The Hall–Kier alpha value is -3.67. The predicted molar refractivity (Wildman–Crippen MR) is 130 cm³/mol. The minimum atomic E-state index is -0.415. The third-order valence-electron chi connectivity index (χ3n) is 6.01. The fourth-order valence-electron chi connectivity index (χ4n) is 4.22. The van der Waals surface area contributed by atoms with Crippen molar-refractivity contribution in [1.82, 2.24) is 9.97 Å². The standard InChI is InChI=1S/C23H25N5O6S/c1-2-32-22(29)15-5-7-27(8-6-15)23-25-20(16-12-19(28(30)31)35-21(16)26-23)24-13-14-3-4-17-18(11-14)34-10-9-33-17/h3-4,11-12,15H,2,5-10,13H2,1H3,(H,24,25,26). The van der Waals surface area contributed by atoms with Crippen LogP contribution in [0.1, 0.15) is 25.3 Å². The van der Waals surface area contributed by atoms with Crippen molar-refractivity contribution in [3.63, 3.8) is 0 Å². The Morgan fingerprint density at radius 1 is 1.23 bits per heavy atom. The van der Waals surface area contributed by atoms with Gasteiger partial charge in [-0.15, -0.1) is 0 Å². The van der Waals surface area contributed by atoms with E-state index in [0.29, 0.717) is 85.8 Å². The summed E-state index contributed by atoms with van der Waals surface area (Å²) in [4.78, 5) is 35.0. The van der Waals surface area contributed by atoms with Crippen molar-refractivity contribution in [3.8, 4) is 11.5 Å². The number of hydrogen-bond acceptors (Lipinski definition) is 11. The summed E-state index contributed by atoms with van der Waals surface area (Å²) in [5.74, 6) is 2.12. The van der Waals surface area contributed by atoms with Crippen LogP contribution in [0.2, 0.25) is 0 Å². The molecule has 0 bridgehead atoms. The van der Waals surface area contributed by atoms with E-state index in [9.17, 15) is 14.9 Å². The van der Waals surface area contributed by atoms with Crippen molar-refractivity contribution in [2.24, 2.45) is 5.92 Å². The Morgan fingerprint density at radius 2 is 2.00 bits per heavy atom. The molecule has 1 N–H and O–H groups in total. The number of hydrogen-bond donors (Lipinski definition) is 1. The lowest BCUT2D eigenvalue weighted by Gasteiger charge is -2.31. The predicted octanol–water partition coefficient (Wildman–Crippen LogP) is 3.76. The SMILES string of the molecule is CCOC(=O)C1CCN(c2nc(NCc3ccc4c(c3)OCCO4)c3cc([N+](=O)[O-])sc3n2)CC1. The summed E-state index contributed by atoms with van der Waals surface area (Å²) in [6.07, 6.45) is 1.29. The molecule has 1 aromatic carbocycles. The van der Waals surface area contributed by atoms with Crippen LogP contribution >= 0.6 is 11.3 Å². The van der Waals surface area contributed by atoms with Gasteiger partial charge >= 0.3 is 11.0 Å². The molecular weight excluding hydrogens is 474 g/mol. The first-order valence-corrected chi connectivity index (χ1v) is 12.3. The van der Waals surface area contributed by atoms with Gasteiger partial charge in [0, 0.05) is 25.7 Å². The smallest absolute Gasteiger partial charge is 0.326 e. The minimum absolute atomic E-state index is 0.00912. The highest BCUT2D eigenvalue weighted by Crippen LogP contribution is 2.36. The van der Waals surface area contributed by atoms with Gasteiger partial charge in [0.05, 0.1) is 22.8 Å². The van der Waals surface area contributed by atoms with Crippen LogP contribution < -0.4 is 19.7 Å². The summed E-state index contributed by atoms with van der Waals surface area (Å²) >= 11 is 1.02. The molecule has 184 valence electrons. The third kappa shape index (κ3) is 4.92. The maximum absolute atomic E-state index is 12.1. The van der Waals surface area contributed by atoms with Crippen molar-refractivity contribution in [1.29, 1.82) is 0 Å². The molecule has 3 aromatic rings. The van der Waals surface area contributed by atoms with Gasteiger partial charge in [0.2, 0.25) is 5.95 Å². The number of nitrogens with one attached hydrogen (secondary N) is 1. The summed E-state index contributed by atoms with van der Waals surface area (Å²) in [5, 5.41) is 15.3. The van der Waals surface area contributed by atoms with Crippen molar-refractivity contribution < 1.29 is 23.9 Å². The number of rotatable bonds is 7. The molecule has 0 atom stereocenters. The van der Waals surface area contributed by atoms with Gasteiger partial charge in [-0.05, 0) is 48.8 Å². The van der Waals surface area contributed by atoms with Gasteiger partial charge in [-0.2, -0.15) is 4.98 Å². The molecule has 5 rings (SSSR count). The van der Waals surface area contributed by atoms with E-state index in [0.717, 1.165) is 16.9 Å². The molecular formula is C23H25N5O6S. The average molecular weight is 500 g/mol. The molecule has 0 aliphatic carbocycles. The average Bonchev–Trinajstić information content (AvgIpc) is 3.32. The number of carbonyl (C=O) groups is 1. The molecule has 35 heavy (non-hydrogen) atoms. The highest BCUT2D eigenvalue weighted by atomic mass is 32.1. The van der Waals surface area contributed by atoms with Crippen LogP contribution in [0.15, 0.2) is 24.3 Å². The topological polar surface area (TPSA) is 129 Å². The zero-order valence-electron chi connectivity index (χ0n) is 19.2.